The number of hydrogen-bond donors (Lipinski definition) is 0. The Morgan fingerprint density at radius 3 is 2.77 bits per heavy atom. The fourth-order valence-corrected chi connectivity index (χ4v) is 2.81. The molecule has 1 saturated heterocycles. The van der Waals surface area contributed by atoms with Crippen LogP contribution >= 0.6 is 0 Å². The molecular weight excluding hydrogens is 280 g/mol. The lowest BCUT2D eigenvalue weighted by molar-refractivity contribution is 0.0625. The highest BCUT2D eigenvalue weighted by Crippen LogP contribution is 2.25. The smallest absolute Gasteiger partial charge is 0.276 e. The van der Waals surface area contributed by atoms with Gasteiger partial charge in [0, 0.05) is 24.2 Å². The molecule has 1 fully saturated rings. The van der Waals surface area contributed by atoms with Crippen molar-refractivity contribution in [3.8, 4) is 17.1 Å². The molecule has 0 saturated carbocycles. The summed E-state index contributed by atoms with van der Waals surface area (Å²) in [4.78, 5) is 14.4. The standard InChI is InChI=1S/C17H20N2O3/c1-12-5-3-4-10-19(12)17(20)15-11-16(22-18-15)13-6-8-14(21-2)9-7-13/h6-9,11-12H,3-5,10H2,1-2H3/t12-/m1/s1. The maximum absolute atomic E-state index is 12.5. The van der Waals surface area contributed by atoms with Crippen LogP contribution in [-0.4, -0.2) is 35.7 Å². The molecule has 116 valence electrons. The third-order valence-electron chi connectivity index (χ3n) is 4.17. The predicted molar refractivity (Wildman–Crippen MR) is 82.8 cm³/mol. The van der Waals surface area contributed by atoms with Crippen molar-refractivity contribution in [3.05, 3.63) is 36.0 Å². The summed E-state index contributed by atoms with van der Waals surface area (Å²) in [5.41, 5.74) is 1.25. The summed E-state index contributed by atoms with van der Waals surface area (Å²) in [6.45, 7) is 2.88. The molecule has 5 nitrogen and oxygen atoms in total. The fourth-order valence-electron chi connectivity index (χ4n) is 2.81. The van der Waals surface area contributed by atoms with E-state index >= 15 is 0 Å². The van der Waals surface area contributed by atoms with Gasteiger partial charge in [0.15, 0.2) is 11.5 Å². The highest BCUT2D eigenvalue weighted by molar-refractivity contribution is 5.93. The van der Waals surface area contributed by atoms with E-state index in [-0.39, 0.29) is 11.9 Å². The minimum atomic E-state index is -0.0456. The van der Waals surface area contributed by atoms with Gasteiger partial charge in [0.1, 0.15) is 5.75 Å². The number of benzene rings is 1. The Kier molecular flexibility index (Phi) is 4.13. The van der Waals surface area contributed by atoms with Crippen LogP contribution < -0.4 is 4.74 Å². The lowest BCUT2D eigenvalue weighted by Crippen LogP contribution is -2.42. The average molecular weight is 300 g/mol. The van der Waals surface area contributed by atoms with Gasteiger partial charge in [-0.1, -0.05) is 5.16 Å². The van der Waals surface area contributed by atoms with Crippen molar-refractivity contribution in [1.82, 2.24) is 10.1 Å². The number of ether oxygens (including phenoxy) is 1. The van der Waals surface area contributed by atoms with E-state index in [4.69, 9.17) is 9.26 Å². The first kappa shape index (κ1) is 14.6. The zero-order chi connectivity index (χ0) is 15.5. The van der Waals surface area contributed by atoms with Gasteiger partial charge < -0.3 is 14.2 Å². The number of hydrogen-bond acceptors (Lipinski definition) is 4. The molecule has 1 aromatic heterocycles. The van der Waals surface area contributed by atoms with Crippen LogP contribution in [0.5, 0.6) is 5.75 Å². The maximum atomic E-state index is 12.5. The van der Waals surface area contributed by atoms with E-state index in [1.54, 1.807) is 13.2 Å². The van der Waals surface area contributed by atoms with E-state index in [9.17, 15) is 4.79 Å². The van der Waals surface area contributed by atoms with Gasteiger partial charge in [-0.05, 0) is 50.5 Å². The molecule has 0 bridgehead atoms. The first-order chi connectivity index (χ1) is 10.7. The Balaban J connectivity index is 1.79. The van der Waals surface area contributed by atoms with Crippen molar-refractivity contribution >= 4 is 5.91 Å². The molecule has 22 heavy (non-hydrogen) atoms. The minimum Gasteiger partial charge on any atom is -0.497 e. The number of rotatable bonds is 3. The molecule has 1 aliphatic heterocycles. The van der Waals surface area contributed by atoms with Crippen LogP contribution in [0.1, 0.15) is 36.7 Å². The molecule has 0 radical (unpaired) electrons. The lowest BCUT2D eigenvalue weighted by atomic mass is 10.0. The molecule has 0 spiro atoms. The van der Waals surface area contributed by atoms with Crippen molar-refractivity contribution in [2.24, 2.45) is 0 Å². The molecule has 1 amide bonds. The lowest BCUT2D eigenvalue weighted by Gasteiger charge is -2.32. The molecule has 2 aromatic rings. The number of amides is 1. The first-order valence-electron chi connectivity index (χ1n) is 7.61. The topological polar surface area (TPSA) is 55.6 Å². The second-order valence-electron chi connectivity index (χ2n) is 5.65. The molecule has 1 aromatic carbocycles. The van der Waals surface area contributed by atoms with Crippen LogP contribution in [0.3, 0.4) is 0 Å². The number of nitrogens with zero attached hydrogens (tertiary/aromatic N) is 2. The SMILES string of the molecule is COc1ccc(-c2cc(C(=O)N3CCCC[C@H]3C)no2)cc1. The Labute approximate surface area is 129 Å². The molecule has 0 aliphatic carbocycles. The van der Waals surface area contributed by atoms with Crippen molar-refractivity contribution < 1.29 is 14.1 Å². The summed E-state index contributed by atoms with van der Waals surface area (Å²) in [6.07, 6.45) is 3.29. The quantitative estimate of drug-likeness (QED) is 0.872. The van der Waals surface area contributed by atoms with Gasteiger partial charge in [0.25, 0.3) is 5.91 Å². The summed E-state index contributed by atoms with van der Waals surface area (Å²) in [7, 11) is 1.63. The summed E-state index contributed by atoms with van der Waals surface area (Å²) in [5, 5.41) is 3.95. The van der Waals surface area contributed by atoms with Gasteiger partial charge in [-0.15, -0.1) is 0 Å². The number of piperidine rings is 1. The second kappa shape index (κ2) is 6.22. The fraction of sp³-hybridized carbons (Fsp3) is 0.412. The van der Waals surface area contributed by atoms with Crippen LogP contribution in [0.25, 0.3) is 11.3 Å². The maximum Gasteiger partial charge on any atom is 0.276 e. The molecule has 2 heterocycles. The van der Waals surface area contributed by atoms with Crippen LogP contribution in [0.2, 0.25) is 0 Å². The van der Waals surface area contributed by atoms with Gasteiger partial charge in [-0.25, -0.2) is 0 Å². The normalized spacial score (nSPS) is 18.3. The van der Waals surface area contributed by atoms with E-state index in [1.165, 1.54) is 6.42 Å². The van der Waals surface area contributed by atoms with Gasteiger partial charge in [0.05, 0.1) is 7.11 Å². The van der Waals surface area contributed by atoms with Crippen LogP contribution in [0, 0.1) is 0 Å². The van der Waals surface area contributed by atoms with E-state index in [2.05, 4.69) is 12.1 Å². The molecule has 0 N–H and O–H groups in total. The van der Waals surface area contributed by atoms with Gasteiger partial charge in [-0.3, -0.25) is 4.79 Å². The first-order valence-corrected chi connectivity index (χ1v) is 7.61. The summed E-state index contributed by atoms with van der Waals surface area (Å²) < 4.78 is 10.5. The number of carbonyl (C=O) groups is 1. The Hall–Kier alpha value is -2.30. The Morgan fingerprint density at radius 2 is 2.09 bits per heavy atom. The highest BCUT2D eigenvalue weighted by Gasteiger charge is 2.26. The largest absolute Gasteiger partial charge is 0.497 e. The second-order valence-corrected chi connectivity index (χ2v) is 5.65. The van der Waals surface area contributed by atoms with E-state index in [1.807, 2.05) is 29.2 Å². The monoisotopic (exact) mass is 300 g/mol. The molecule has 0 unspecified atom stereocenters. The van der Waals surface area contributed by atoms with Gasteiger partial charge in [-0.2, -0.15) is 0 Å². The van der Waals surface area contributed by atoms with Crippen LogP contribution in [0.4, 0.5) is 0 Å². The molecular formula is C17H20N2O3. The third kappa shape index (κ3) is 2.84. The number of likely N-dealkylation sites (tertiary alicyclic amines) is 1. The molecule has 5 heteroatoms. The zero-order valence-electron chi connectivity index (χ0n) is 12.9. The highest BCUT2D eigenvalue weighted by atomic mass is 16.5. The average Bonchev–Trinajstić information content (AvgIpc) is 3.05. The summed E-state index contributed by atoms with van der Waals surface area (Å²) in [6, 6.07) is 9.46. The Morgan fingerprint density at radius 1 is 1.32 bits per heavy atom. The Bertz CT molecular complexity index is 648. The predicted octanol–water partition coefficient (Wildman–Crippen LogP) is 3.36. The van der Waals surface area contributed by atoms with Crippen LogP contribution in [0.15, 0.2) is 34.9 Å². The third-order valence-corrected chi connectivity index (χ3v) is 4.17. The minimum absolute atomic E-state index is 0.0456. The van der Waals surface area contributed by atoms with E-state index < -0.39 is 0 Å². The summed E-state index contributed by atoms with van der Waals surface area (Å²) >= 11 is 0. The summed E-state index contributed by atoms with van der Waals surface area (Å²) in [5.74, 6) is 1.33. The molecule has 1 atom stereocenters. The van der Waals surface area contributed by atoms with Gasteiger partial charge in [0.2, 0.25) is 0 Å². The van der Waals surface area contributed by atoms with E-state index in [0.717, 1.165) is 30.7 Å². The zero-order valence-corrected chi connectivity index (χ0v) is 12.9. The van der Waals surface area contributed by atoms with Crippen LogP contribution in [-0.2, 0) is 0 Å². The van der Waals surface area contributed by atoms with Crippen molar-refractivity contribution in [1.29, 1.82) is 0 Å². The molecule has 1 aliphatic rings. The number of aromatic nitrogens is 1. The van der Waals surface area contributed by atoms with Crippen molar-refractivity contribution in [2.75, 3.05) is 13.7 Å². The molecule has 3 rings (SSSR count). The van der Waals surface area contributed by atoms with Crippen molar-refractivity contribution in [2.45, 2.75) is 32.2 Å². The number of carbonyl (C=O) groups excluding carboxylic acids is 1. The van der Waals surface area contributed by atoms with Crippen molar-refractivity contribution in [3.63, 3.8) is 0 Å². The van der Waals surface area contributed by atoms with E-state index in [0.29, 0.717) is 11.5 Å². The van der Waals surface area contributed by atoms with Gasteiger partial charge >= 0.3 is 0 Å². The number of methoxy groups -OCH3 is 1.